The van der Waals surface area contributed by atoms with Crippen LogP contribution in [0.1, 0.15) is 6.92 Å². The number of hydrogen-bond acceptors (Lipinski definition) is 4. The number of sulfonamides is 1. The molecule has 0 bridgehead atoms. The Morgan fingerprint density at radius 3 is 2.71 bits per heavy atom. The van der Waals surface area contributed by atoms with Gasteiger partial charge >= 0.3 is 0 Å². The molecular formula is C10H14ClNO4S. The van der Waals surface area contributed by atoms with Crippen molar-refractivity contribution in [2.45, 2.75) is 17.9 Å². The molecule has 0 aliphatic carbocycles. The fraction of sp³-hybridized carbons (Fsp3) is 0.400. The monoisotopic (exact) mass is 279 g/mol. The number of methoxy groups -OCH3 is 1. The molecule has 1 aromatic carbocycles. The van der Waals surface area contributed by atoms with Crippen LogP contribution in [0, 0.1) is 0 Å². The van der Waals surface area contributed by atoms with Crippen molar-refractivity contribution in [2.24, 2.45) is 0 Å². The summed E-state index contributed by atoms with van der Waals surface area (Å²) >= 11 is 5.74. The summed E-state index contributed by atoms with van der Waals surface area (Å²) in [5.74, 6) is 0.162. The summed E-state index contributed by atoms with van der Waals surface area (Å²) in [4.78, 5) is -0.00954. The van der Waals surface area contributed by atoms with Gasteiger partial charge in [-0.3, -0.25) is 0 Å². The molecule has 0 aliphatic rings. The Kier molecular flexibility index (Phi) is 4.76. The molecule has 1 rings (SSSR count). The van der Waals surface area contributed by atoms with E-state index in [0.717, 1.165) is 0 Å². The van der Waals surface area contributed by atoms with Gasteiger partial charge in [0.15, 0.2) is 0 Å². The van der Waals surface area contributed by atoms with Gasteiger partial charge in [0.25, 0.3) is 0 Å². The molecule has 2 N–H and O–H groups in total. The van der Waals surface area contributed by atoms with E-state index in [1.54, 1.807) is 6.92 Å². The largest absolute Gasteiger partial charge is 0.495 e. The second-order valence-electron chi connectivity index (χ2n) is 3.50. The summed E-state index contributed by atoms with van der Waals surface area (Å²) in [7, 11) is -2.36. The van der Waals surface area contributed by atoms with Crippen LogP contribution < -0.4 is 9.46 Å². The highest BCUT2D eigenvalue weighted by Gasteiger charge is 2.21. The predicted octanol–water partition coefficient (Wildman–Crippen LogP) is 1.01. The number of ether oxygens (including phenoxy) is 1. The minimum Gasteiger partial charge on any atom is -0.495 e. The molecule has 0 unspecified atom stereocenters. The Hall–Kier alpha value is -0.820. The van der Waals surface area contributed by atoms with Crippen molar-refractivity contribution in [3.8, 4) is 5.75 Å². The first-order chi connectivity index (χ1) is 7.90. The highest BCUT2D eigenvalue weighted by atomic mass is 35.5. The molecule has 1 aromatic rings. The highest BCUT2D eigenvalue weighted by Crippen LogP contribution is 2.27. The van der Waals surface area contributed by atoms with Crippen molar-refractivity contribution < 1.29 is 18.3 Å². The number of hydrogen-bond donors (Lipinski definition) is 2. The van der Waals surface area contributed by atoms with Crippen LogP contribution in [-0.2, 0) is 10.0 Å². The SMILES string of the molecule is COc1cc(Cl)ccc1S(=O)(=O)N[C@@H](C)CO. The second-order valence-corrected chi connectivity index (χ2v) is 5.62. The topological polar surface area (TPSA) is 75.6 Å². The molecule has 0 heterocycles. The first-order valence-electron chi connectivity index (χ1n) is 4.87. The van der Waals surface area contributed by atoms with Crippen LogP contribution in [0.25, 0.3) is 0 Å². The molecule has 17 heavy (non-hydrogen) atoms. The maximum Gasteiger partial charge on any atom is 0.244 e. The van der Waals surface area contributed by atoms with Gasteiger partial charge in [0, 0.05) is 17.1 Å². The lowest BCUT2D eigenvalue weighted by Crippen LogP contribution is -2.35. The summed E-state index contributed by atoms with van der Waals surface area (Å²) in [6.07, 6.45) is 0. The molecular weight excluding hydrogens is 266 g/mol. The van der Waals surface area contributed by atoms with E-state index in [9.17, 15) is 8.42 Å². The molecule has 0 saturated carbocycles. The van der Waals surface area contributed by atoms with Gasteiger partial charge in [0.2, 0.25) is 10.0 Å². The maximum atomic E-state index is 11.9. The number of benzene rings is 1. The van der Waals surface area contributed by atoms with E-state index >= 15 is 0 Å². The van der Waals surface area contributed by atoms with Crippen molar-refractivity contribution in [2.75, 3.05) is 13.7 Å². The van der Waals surface area contributed by atoms with Crippen molar-refractivity contribution in [3.63, 3.8) is 0 Å². The Morgan fingerprint density at radius 2 is 2.18 bits per heavy atom. The minimum atomic E-state index is -3.72. The maximum absolute atomic E-state index is 11.9. The van der Waals surface area contributed by atoms with E-state index in [0.29, 0.717) is 5.02 Å². The number of nitrogens with one attached hydrogen (secondary N) is 1. The summed E-state index contributed by atoms with van der Waals surface area (Å²) in [5.41, 5.74) is 0. The van der Waals surface area contributed by atoms with Gasteiger partial charge in [0.1, 0.15) is 10.6 Å². The van der Waals surface area contributed by atoms with Gasteiger partial charge in [-0.15, -0.1) is 0 Å². The Morgan fingerprint density at radius 1 is 1.53 bits per heavy atom. The number of aliphatic hydroxyl groups excluding tert-OH is 1. The van der Waals surface area contributed by atoms with Crippen LogP contribution in [0.15, 0.2) is 23.1 Å². The van der Waals surface area contributed by atoms with Crippen LogP contribution in [-0.4, -0.2) is 33.3 Å². The Bertz CT molecular complexity index is 489. The standard InChI is InChI=1S/C10H14ClNO4S/c1-7(6-13)12-17(14,15)10-4-3-8(11)5-9(10)16-2/h3-5,7,12-13H,6H2,1-2H3/t7-/m0/s1. The average molecular weight is 280 g/mol. The quantitative estimate of drug-likeness (QED) is 0.843. The highest BCUT2D eigenvalue weighted by molar-refractivity contribution is 7.89. The second kappa shape index (κ2) is 5.68. The number of halogens is 1. The van der Waals surface area contributed by atoms with Gasteiger partial charge in [0.05, 0.1) is 13.7 Å². The Balaban J connectivity index is 3.15. The molecule has 96 valence electrons. The summed E-state index contributed by atoms with van der Waals surface area (Å²) in [5, 5.41) is 9.22. The molecule has 0 radical (unpaired) electrons. The zero-order valence-electron chi connectivity index (χ0n) is 9.47. The van der Waals surface area contributed by atoms with Gasteiger partial charge in [-0.1, -0.05) is 11.6 Å². The first-order valence-corrected chi connectivity index (χ1v) is 6.73. The number of rotatable bonds is 5. The minimum absolute atomic E-state index is 0.00954. The first kappa shape index (κ1) is 14.2. The molecule has 0 amide bonds. The van der Waals surface area contributed by atoms with Crippen LogP contribution in [0.2, 0.25) is 5.02 Å². The van der Waals surface area contributed by atoms with Crippen LogP contribution >= 0.6 is 11.6 Å². The Labute approximate surface area is 105 Å². The van der Waals surface area contributed by atoms with E-state index in [1.807, 2.05) is 0 Å². The normalized spacial score (nSPS) is 13.4. The zero-order chi connectivity index (χ0) is 13.1. The molecule has 5 nitrogen and oxygen atoms in total. The lowest BCUT2D eigenvalue weighted by molar-refractivity contribution is 0.265. The van der Waals surface area contributed by atoms with Crippen molar-refractivity contribution in [3.05, 3.63) is 23.2 Å². The van der Waals surface area contributed by atoms with Crippen LogP contribution in [0.5, 0.6) is 5.75 Å². The van der Waals surface area contributed by atoms with Gasteiger partial charge in [-0.25, -0.2) is 13.1 Å². The molecule has 0 aliphatic heterocycles. The third kappa shape index (κ3) is 3.57. The zero-order valence-corrected chi connectivity index (χ0v) is 11.0. The molecule has 7 heteroatoms. The van der Waals surface area contributed by atoms with Gasteiger partial charge in [-0.05, 0) is 19.1 Å². The fourth-order valence-corrected chi connectivity index (χ4v) is 2.78. The molecule has 0 fully saturated rings. The van der Waals surface area contributed by atoms with Crippen LogP contribution in [0.3, 0.4) is 0 Å². The summed E-state index contributed by atoms with van der Waals surface area (Å²) < 4.78 is 31.2. The molecule has 1 atom stereocenters. The van der Waals surface area contributed by atoms with Gasteiger partial charge < -0.3 is 9.84 Å². The van der Waals surface area contributed by atoms with E-state index < -0.39 is 16.1 Å². The van der Waals surface area contributed by atoms with E-state index in [4.69, 9.17) is 21.4 Å². The average Bonchev–Trinajstić information content (AvgIpc) is 2.27. The van der Waals surface area contributed by atoms with Gasteiger partial charge in [-0.2, -0.15) is 0 Å². The molecule has 0 saturated heterocycles. The fourth-order valence-electron chi connectivity index (χ4n) is 1.23. The summed E-state index contributed by atoms with van der Waals surface area (Å²) in [6, 6.07) is 3.66. The van der Waals surface area contributed by atoms with Crippen molar-refractivity contribution in [1.29, 1.82) is 0 Å². The van der Waals surface area contributed by atoms with Crippen LogP contribution in [0.4, 0.5) is 0 Å². The predicted molar refractivity (Wildman–Crippen MR) is 64.9 cm³/mol. The lowest BCUT2D eigenvalue weighted by Gasteiger charge is -2.14. The summed E-state index contributed by atoms with van der Waals surface area (Å²) in [6.45, 7) is 1.27. The smallest absolute Gasteiger partial charge is 0.244 e. The number of aliphatic hydroxyl groups is 1. The third-order valence-electron chi connectivity index (χ3n) is 2.05. The van der Waals surface area contributed by atoms with Crippen molar-refractivity contribution in [1.82, 2.24) is 4.72 Å². The van der Waals surface area contributed by atoms with E-state index in [1.165, 1.54) is 25.3 Å². The van der Waals surface area contributed by atoms with Crippen molar-refractivity contribution >= 4 is 21.6 Å². The van der Waals surface area contributed by atoms with E-state index in [-0.39, 0.29) is 17.3 Å². The molecule has 0 aromatic heterocycles. The lowest BCUT2D eigenvalue weighted by atomic mass is 10.3. The third-order valence-corrected chi connectivity index (χ3v) is 3.91. The molecule has 0 spiro atoms. The van der Waals surface area contributed by atoms with E-state index in [2.05, 4.69) is 4.72 Å².